The number of aliphatic hydroxyl groups is 1. The molecular weight excluding hydrogens is 208 g/mol. The van der Waals surface area contributed by atoms with Crippen molar-refractivity contribution < 1.29 is 5.11 Å². The molecule has 2 aromatic rings. The zero-order chi connectivity index (χ0) is 11.8. The van der Waals surface area contributed by atoms with Crippen molar-refractivity contribution in [1.29, 1.82) is 0 Å². The number of fused-ring (bicyclic) bond motifs is 3. The summed E-state index contributed by atoms with van der Waals surface area (Å²) < 4.78 is 0. The van der Waals surface area contributed by atoms with Crippen molar-refractivity contribution in [1.82, 2.24) is 0 Å². The highest BCUT2D eigenvalue weighted by Gasteiger charge is 2.18. The minimum Gasteiger partial charge on any atom is -0.396 e. The second-order valence-corrected chi connectivity index (χ2v) is 4.83. The lowest BCUT2D eigenvalue weighted by Crippen LogP contribution is -1.99. The Morgan fingerprint density at radius 3 is 2.65 bits per heavy atom. The van der Waals surface area contributed by atoms with Gasteiger partial charge in [-0.15, -0.1) is 0 Å². The van der Waals surface area contributed by atoms with E-state index >= 15 is 0 Å². The molecule has 1 N–H and O–H groups in total. The Balaban J connectivity index is 2.07. The molecule has 0 aliphatic heterocycles. The average Bonchev–Trinajstić information content (AvgIpc) is 2.75. The molecule has 0 saturated heterocycles. The summed E-state index contributed by atoms with van der Waals surface area (Å²) in [4.78, 5) is 0. The molecule has 1 aliphatic carbocycles. The molecule has 0 heterocycles. The van der Waals surface area contributed by atoms with Crippen molar-refractivity contribution in [2.45, 2.75) is 19.3 Å². The maximum atomic E-state index is 9.21. The highest BCUT2D eigenvalue weighted by atomic mass is 16.3. The van der Waals surface area contributed by atoms with Gasteiger partial charge in [0, 0.05) is 12.5 Å². The molecule has 1 atom stereocenters. The third-order valence-electron chi connectivity index (χ3n) is 3.66. The van der Waals surface area contributed by atoms with Gasteiger partial charge in [-0.2, -0.15) is 0 Å². The number of rotatable bonds is 2. The first-order valence-corrected chi connectivity index (χ1v) is 6.11. The monoisotopic (exact) mass is 224 g/mol. The third kappa shape index (κ3) is 1.67. The van der Waals surface area contributed by atoms with Crippen LogP contribution >= 0.6 is 0 Å². The van der Waals surface area contributed by atoms with Gasteiger partial charge >= 0.3 is 0 Å². The number of aliphatic hydroxyl groups excluding tert-OH is 1. The summed E-state index contributed by atoms with van der Waals surface area (Å²) in [7, 11) is 0. The van der Waals surface area contributed by atoms with Crippen LogP contribution in [0.5, 0.6) is 0 Å². The molecule has 1 nitrogen and oxygen atoms in total. The normalized spacial score (nSPS) is 14.2. The summed E-state index contributed by atoms with van der Waals surface area (Å²) in [6, 6.07) is 15.2. The summed E-state index contributed by atoms with van der Waals surface area (Å²) >= 11 is 0. The first-order chi connectivity index (χ1) is 8.29. The van der Waals surface area contributed by atoms with E-state index in [0.717, 1.165) is 6.42 Å². The van der Waals surface area contributed by atoms with Crippen LogP contribution in [0.2, 0.25) is 0 Å². The molecule has 0 unspecified atom stereocenters. The Labute approximate surface area is 102 Å². The molecule has 0 amide bonds. The molecule has 17 heavy (non-hydrogen) atoms. The summed E-state index contributed by atoms with van der Waals surface area (Å²) in [5.74, 6) is 0.226. The smallest absolute Gasteiger partial charge is 0.0497 e. The number of hydrogen-bond donors (Lipinski definition) is 1. The van der Waals surface area contributed by atoms with E-state index in [9.17, 15) is 5.11 Å². The van der Waals surface area contributed by atoms with Crippen LogP contribution < -0.4 is 0 Å². The van der Waals surface area contributed by atoms with E-state index in [2.05, 4.69) is 49.4 Å². The predicted octanol–water partition coefficient (Wildman–Crippen LogP) is 3.35. The Bertz CT molecular complexity index is 557. The van der Waals surface area contributed by atoms with Crippen molar-refractivity contribution in [3.05, 3.63) is 59.2 Å². The molecule has 0 saturated carbocycles. The summed E-state index contributed by atoms with van der Waals surface area (Å²) in [5, 5.41) is 9.21. The highest BCUT2D eigenvalue weighted by Crippen LogP contribution is 2.37. The second-order valence-electron chi connectivity index (χ2n) is 4.83. The SMILES string of the molecule is C[C@@H](CO)c1ccc2c(c1)Cc1ccccc1-2. The van der Waals surface area contributed by atoms with Crippen molar-refractivity contribution in [3.8, 4) is 11.1 Å². The molecule has 3 rings (SSSR count). The lowest BCUT2D eigenvalue weighted by molar-refractivity contribution is 0.273. The maximum Gasteiger partial charge on any atom is 0.0497 e. The van der Waals surface area contributed by atoms with Crippen LogP contribution in [0.25, 0.3) is 11.1 Å². The molecule has 0 bridgehead atoms. The molecule has 0 aromatic heterocycles. The first-order valence-electron chi connectivity index (χ1n) is 6.11. The van der Waals surface area contributed by atoms with E-state index in [-0.39, 0.29) is 12.5 Å². The van der Waals surface area contributed by atoms with E-state index in [1.807, 2.05) is 0 Å². The molecule has 0 radical (unpaired) electrons. The van der Waals surface area contributed by atoms with Crippen LogP contribution in [0.1, 0.15) is 29.5 Å². The van der Waals surface area contributed by atoms with Crippen molar-refractivity contribution >= 4 is 0 Å². The van der Waals surface area contributed by atoms with Gasteiger partial charge in [0.15, 0.2) is 0 Å². The topological polar surface area (TPSA) is 20.2 Å². The predicted molar refractivity (Wildman–Crippen MR) is 70.2 cm³/mol. The van der Waals surface area contributed by atoms with Gasteiger partial charge in [0.05, 0.1) is 0 Å². The van der Waals surface area contributed by atoms with Gasteiger partial charge in [-0.1, -0.05) is 49.4 Å². The molecule has 2 aromatic carbocycles. The zero-order valence-electron chi connectivity index (χ0n) is 9.98. The van der Waals surface area contributed by atoms with Crippen molar-refractivity contribution in [2.75, 3.05) is 6.61 Å². The Kier molecular flexibility index (Phi) is 2.49. The number of hydrogen-bond acceptors (Lipinski definition) is 1. The lowest BCUT2D eigenvalue weighted by atomic mass is 9.97. The minimum atomic E-state index is 0.214. The van der Waals surface area contributed by atoms with Crippen LogP contribution in [-0.4, -0.2) is 11.7 Å². The van der Waals surface area contributed by atoms with Crippen LogP contribution in [0.15, 0.2) is 42.5 Å². The molecular formula is C16H16O. The van der Waals surface area contributed by atoms with Gasteiger partial charge in [0.1, 0.15) is 0 Å². The van der Waals surface area contributed by atoms with E-state index in [1.54, 1.807) is 0 Å². The highest BCUT2D eigenvalue weighted by molar-refractivity contribution is 5.76. The Morgan fingerprint density at radius 1 is 1.06 bits per heavy atom. The van der Waals surface area contributed by atoms with Gasteiger partial charge in [-0.05, 0) is 34.2 Å². The van der Waals surface area contributed by atoms with E-state index < -0.39 is 0 Å². The molecule has 0 fully saturated rings. The van der Waals surface area contributed by atoms with Crippen molar-refractivity contribution in [2.24, 2.45) is 0 Å². The van der Waals surface area contributed by atoms with Gasteiger partial charge in [-0.3, -0.25) is 0 Å². The lowest BCUT2D eigenvalue weighted by Gasteiger charge is -2.10. The van der Waals surface area contributed by atoms with Gasteiger partial charge in [0.2, 0.25) is 0 Å². The fourth-order valence-electron chi connectivity index (χ4n) is 2.58. The molecule has 1 aliphatic rings. The van der Waals surface area contributed by atoms with E-state index in [1.165, 1.54) is 27.8 Å². The van der Waals surface area contributed by atoms with Crippen LogP contribution in [0.3, 0.4) is 0 Å². The summed E-state index contributed by atoms with van der Waals surface area (Å²) in [6.45, 7) is 2.27. The van der Waals surface area contributed by atoms with Gasteiger partial charge < -0.3 is 5.11 Å². The van der Waals surface area contributed by atoms with E-state index in [4.69, 9.17) is 0 Å². The van der Waals surface area contributed by atoms with Crippen LogP contribution in [0, 0.1) is 0 Å². The fraction of sp³-hybridized carbons (Fsp3) is 0.250. The fourth-order valence-corrected chi connectivity index (χ4v) is 2.58. The Hall–Kier alpha value is -1.60. The van der Waals surface area contributed by atoms with Crippen molar-refractivity contribution in [3.63, 3.8) is 0 Å². The Morgan fingerprint density at radius 2 is 1.82 bits per heavy atom. The maximum absolute atomic E-state index is 9.21. The third-order valence-corrected chi connectivity index (χ3v) is 3.66. The molecule has 1 heteroatoms. The quantitative estimate of drug-likeness (QED) is 0.707. The minimum absolute atomic E-state index is 0.214. The number of benzene rings is 2. The van der Waals surface area contributed by atoms with Crippen LogP contribution in [0.4, 0.5) is 0 Å². The summed E-state index contributed by atoms with van der Waals surface area (Å²) in [5.41, 5.74) is 6.76. The summed E-state index contributed by atoms with van der Waals surface area (Å²) in [6.07, 6.45) is 1.03. The standard InChI is InChI=1S/C16H16O/c1-11(10-17)12-6-7-16-14(8-12)9-13-4-2-3-5-15(13)16/h2-8,11,17H,9-10H2,1H3/t11-/m0/s1. The molecule has 0 spiro atoms. The van der Waals surface area contributed by atoms with Crippen LogP contribution in [-0.2, 0) is 6.42 Å². The second kappa shape index (κ2) is 4.01. The average molecular weight is 224 g/mol. The zero-order valence-corrected chi connectivity index (χ0v) is 9.98. The van der Waals surface area contributed by atoms with Gasteiger partial charge in [0.25, 0.3) is 0 Å². The van der Waals surface area contributed by atoms with Gasteiger partial charge in [-0.25, -0.2) is 0 Å². The molecule has 86 valence electrons. The van der Waals surface area contributed by atoms with E-state index in [0.29, 0.717) is 0 Å². The largest absolute Gasteiger partial charge is 0.396 e. The first kappa shape index (κ1) is 10.5.